The summed E-state index contributed by atoms with van der Waals surface area (Å²) in [5.74, 6) is 0.608. The first kappa shape index (κ1) is 24.1. The van der Waals surface area contributed by atoms with Crippen molar-refractivity contribution in [3.05, 3.63) is 102 Å². The van der Waals surface area contributed by atoms with Crippen LogP contribution in [0, 0.1) is 6.92 Å². The van der Waals surface area contributed by atoms with Gasteiger partial charge in [0.2, 0.25) is 5.91 Å². The van der Waals surface area contributed by atoms with Gasteiger partial charge >= 0.3 is 0 Å². The fourth-order valence-corrected chi connectivity index (χ4v) is 4.16. The van der Waals surface area contributed by atoms with Crippen molar-refractivity contribution in [1.82, 2.24) is 14.9 Å². The van der Waals surface area contributed by atoms with E-state index in [4.69, 9.17) is 4.74 Å². The number of nitrogens with zero attached hydrogens (tertiary/aromatic N) is 2. The van der Waals surface area contributed by atoms with Crippen molar-refractivity contribution < 1.29 is 14.3 Å². The molecule has 1 heterocycles. The van der Waals surface area contributed by atoms with Gasteiger partial charge < -0.3 is 15.4 Å². The molecular formula is C27H26N4O3S. The summed E-state index contributed by atoms with van der Waals surface area (Å²) in [6, 6.07) is 22.6. The monoisotopic (exact) mass is 486 g/mol. The van der Waals surface area contributed by atoms with Crippen molar-refractivity contribution in [2.45, 2.75) is 18.6 Å². The maximum atomic E-state index is 12.5. The number of anilines is 1. The largest absolute Gasteiger partial charge is 0.497 e. The molecule has 178 valence electrons. The van der Waals surface area contributed by atoms with Crippen molar-refractivity contribution >= 4 is 29.3 Å². The second-order valence-electron chi connectivity index (χ2n) is 7.86. The van der Waals surface area contributed by atoms with Crippen LogP contribution in [-0.4, -0.2) is 34.2 Å². The molecule has 3 aromatic carbocycles. The van der Waals surface area contributed by atoms with Gasteiger partial charge in [0.15, 0.2) is 5.16 Å². The molecule has 35 heavy (non-hydrogen) atoms. The second-order valence-corrected chi connectivity index (χ2v) is 8.81. The van der Waals surface area contributed by atoms with Crippen LogP contribution in [0.2, 0.25) is 0 Å². The average Bonchev–Trinajstić information content (AvgIpc) is 3.36. The molecule has 0 radical (unpaired) electrons. The molecule has 0 aliphatic heterocycles. The van der Waals surface area contributed by atoms with Gasteiger partial charge in [-0.3, -0.25) is 14.2 Å². The topological polar surface area (TPSA) is 85.2 Å². The average molecular weight is 487 g/mol. The summed E-state index contributed by atoms with van der Waals surface area (Å²) in [5, 5.41) is 6.49. The number of aromatic nitrogens is 2. The molecule has 1 aromatic heterocycles. The van der Waals surface area contributed by atoms with Crippen molar-refractivity contribution in [1.29, 1.82) is 0 Å². The van der Waals surface area contributed by atoms with Crippen molar-refractivity contribution in [2.24, 2.45) is 0 Å². The van der Waals surface area contributed by atoms with Crippen molar-refractivity contribution in [2.75, 3.05) is 18.2 Å². The Morgan fingerprint density at radius 3 is 2.54 bits per heavy atom. The normalized spacial score (nSPS) is 10.6. The number of benzene rings is 3. The molecule has 4 rings (SSSR count). The number of rotatable bonds is 9. The van der Waals surface area contributed by atoms with Crippen LogP contribution < -0.4 is 15.4 Å². The third-order valence-corrected chi connectivity index (χ3v) is 6.24. The first-order chi connectivity index (χ1) is 17.0. The number of carbonyl (C=O) groups excluding carboxylic acids is 2. The lowest BCUT2D eigenvalue weighted by molar-refractivity contribution is -0.113. The molecular weight excluding hydrogens is 460 g/mol. The van der Waals surface area contributed by atoms with Gasteiger partial charge in [-0.25, -0.2) is 4.98 Å². The number of hydrogen-bond donors (Lipinski definition) is 2. The Kier molecular flexibility index (Phi) is 7.84. The number of hydrogen-bond acceptors (Lipinski definition) is 5. The highest BCUT2D eigenvalue weighted by molar-refractivity contribution is 7.99. The summed E-state index contributed by atoms with van der Waals surface area (Å²) in [4.78, 5) is 29.3. The molecule has 4 aromatic rings. The van der Waals surface area contributed by atoms with E-state index in [-0.39, 0.29) is 17.6 Å². The number of methoxy groups -OCH3 is 1. The number of thioether (sulfide) groups is 1. The number of ether oxygens (including phenoxy) is 1. The quantitative estimate of drug-likeness (QED) is 0.330. The Morgan fingerprint density at radius 1 is 1.03 bits per heavy atom. The Balaban J connectivity index is 1.33. The minimum atomic E-state index is -0.140. The molecule has 0 fully saturated rings. The van der Waals surface area contributed by atoms with Gasteiger partial charge in [-0.05, 0) is 48.9 Å². The highest BCUT2D eigenvalue weighted by Crippen LogP contribution is 2.22. The summed E-state index contributed by atoms with van der Waals surface area (Å²) in [6.07, 6.45) is 3.51. The number of aryl methyl sites for hydroxylation is 1. The number of amides is 2. The SMILES string of the molecule is COc1cccc(NC(=O)CSc2nccn2-c2ccc(C(=O)NCc3ccc(C)cc3)cc2)c1. The predicted molar refractivity (Wildman–Crippen MR) is 138 cm³/mol. The van der Waals surface area contributed by atoms with Crippen LogP contribution in [0.3, 0.4) is 0 Å². The molecule has 0 spiro atoms. The molecule has 7 nitrogen and oxygen atoms in total. The standard InChI is InChI=1S/C27H26N4O3S/c1-19-6-8-20(9-7-19)17-29-26(33)21-10-12-23(13-11-21)31-15-14-28-27(31)35-18-25(32)30-22-4-3-5-24(16-22)34-2/h3-16H,17-18H2,1-2H3,(H,29,33)(H,30,32). The molecule has 0 unspecified atom stereocenters. The molecule has 0 aliphatic carbocycles. The Hall–Kier alpha value is -4.04. The van der Waals surface area contributed by atoms with E-state index in [0.29, 0.717) is 28.7 Å². The minimum Gasteiger partial charge on any atom is -0.497 e. The fraction of sp³-hybridized carbons (Fsp3) is 0.148. The van der Waals surface area contributed by atoms with Gasteiger partial charge in [-0.2, -0.15) is 0 Å². The van der Waals surface area contributed by atoms with E-state index in [1.165, 1.54) is 17.3 Å². The minimum absolute atomic E-state index is 0.133. The molecule has 0 bridgehead atoms. The van der Waals surface area contributed by atoms with Gasteiger partial charge in [0.05, 0.1) is 12.9 Å². The Labute approximate surface area is 208 Å². The van der Waals surface area contributed by atoms with E-state index in [9.17, 15) is 9.59 Å². The van der Waals surface area contributed by atoms with Gasteiger partial charge in [-0.15, -0.1) is 0 Å². The predicted octanol–water partition coefficient (Wildman–Crippen LogP) is 4.85. The van der Waals surface area contributed by atoms with E-state index < -0.39 is 0 Å². The lowest BCUT2D eigenvalue weighted by Crippen LogP contribution is -2.22. The summed E-state index contributed by atoms with van der Waals surface area (Å²) < 4.78 is 7.07. The lowest BCUT2D eigenvalue weighted by Gasteiger charge is -2.10. The molecule has 0 aliphatic rings. The lowest BCUT2D eigenvalue weighted by atomic mass is 10.1. The summed E-state index contributed by atoms with van der Waals surface area (Å²) >= 11 is 1.33. The number of carbonyl (C=O) groups is 2. The fourth-order valence-electron chi connectivity index (χ4n) is 3.38. The smallest absolute Gasteiger partial charge is 0.251 e. The van der Waals surface area contributed by atoms with Crippen LogP contribution in [0.15, 0.2) is 90.3 Å². The highest BCUT2D eigenvalue weighted by atomic mass is 32.2. The van der Waals surface area contributed by atoms with Gasteiger partial charge in [0, 0.05) is 41.9 Å². The highest BCUT2D eigenvalue weighted by Gasteiger charge is 2.11. The molecule has 8 heteroatoms. The summed E-state index contributed by atoms with van der Waals surface area (Å²) in [7, 11) is 1.58. The first-order valence-corrected chi connectivity index (χ1v) is 12.0. The number of nitrogens with one attached hydrogen (secondary N) is 2. The summed E-state index contributed by atoms with van der Waals surface area (Å²) in [6.45, 7) is 2.51. The van der Waals surface area contributed by atoms with Crippen LogP contribution in [0.1, 0.15) is 21.5 Å². The van der Waals surface area contributed by atoms with Crippen LogP contribution in [0.5, 0.6) is 5.75 Å². The zero-order valence-electron chi connectivity index (χ0n) is 19.5. The maximum absolute atomic E-state index is 12.5. The second kappa shape index (κ2) is 11.4. The molecule has 2 N–H and O–H groups in total. The van der Waals surface area contributed by atoms with Gasteiger partial charge in [-0.1, -0.05) is 47.7 Å². The van der Waals surface area contributed by atoms with Crippen molar-refractivity contribution in [3.8, 4) is 11.4 Å². The van der Waals surface area contributed by atoms with E-state index in [1.807, 2.05) is 72.3 Å². The maximum Gasteiger partial charge on any atom is 0.251 e. The molecule has 0 saturated carbocycles. The van der Waals surface area contributed by atoms with Crippen LogP contribution in [0.25, 0.3) is 5.69 Å². The Bertz CT molecular complexity index is 1300. The zero-order valence-corrected chi connectivity index (χ0v) is 20.3. The van der Waals surface area contributed by atoms with Crippen LogP contribution >= 0.6 is 11.8 Å². The number of imidazole rings is 1. The van der Waals surface area contributed by atoms with Gasteiger partial charge in [0.1, 0.15) is 5.75 Å². The van der Waals surface area contributed by atoms with Crippen LogP contribution in [0.4, 0.5) is 5.69 Å². The molecule has 0 saturated heterocycles. The molecule has 0 atom stereocenters. The van der Waals surface area contributed by atoms with Gasteiger partial charge in [0.25, 0.3) is 5.91 Å². The zero-order chi connectivity index (χ0) is 24.6. The third-order valence-electron chi connectivity index (χ3n) is 5.27. The van der Waals surface area contributed by atoms with E-state index in [1.54, 1.807) is 31.5 Å². The van der Waals surface area contributed by atoms with Crippen LogP contribution in [-0.2, 0) is 11.3 Å². The van der Waals surface area contributed by atoms with E-state index in [2.05, 4.69) is 15.6 Å². The van der Waals surface area contributed by atoms with E-state index in [0.717, 1.165) is 11.3 Å². The third kappa shape index (κ3) is 6.51. The Morgan fingerprint density at radius 2 is 1.80 bits per heavy atom. The molecule has 2 amide bonds. The van der Waals surface area contributed by atoms with Crippen molar-refractivity contribution in [3.63, 3.8) is 0 Å². The summed E-state index contributed by atoms with van der Waals surface area (Å²) in [5.41, 5.74) is 4.34. The van der Waals surface area contributed by atoms with E-state index >= 15 is 0 Å². The first-order valence-electron chi connectivity index (χ1n) is 11.1.